The molecule has 2 heterocycles. The number of allylic oxidation sites excluding steroid dienone is 1. The standard InChI is InChI=1S/C14H23N5O3/c1-11(2)4-8-22-13-9-21-7-5-12(13)16-14(20)3-6-19-10-15-17-18-19/h4,10,12-13H,3,5-9H2,1-2H3,(H,16,20)/t12-,13-/m1/s1. The van der Waals surface area contributed by atoms with E-state index in [4.69, 9.17) is 9.47 Å². The van der Waals surface area contributed by atoms with Crippen LogP contribution in [0.1, 0.15) is 26.7 Å². The molecular weight excluding hydrogens is 286 g/mol. The molecule has 0 unspecified atom stereocenters. The first-order valence-corrected chi connectivity index (χ1v) is 7.48. The van der Waals surface area contributed by atoms with Gasteiger partial charge in [-0.05, 0) is 30.7 Å². The summed E-state index contributed by atoms with van der Waals surface area (Å²) in [4.78, 5) is 12.0. The van der Waals surface area contributed by atoms with Gasteiger partial charge in [-0.25, -0.2) is 4.68 Å². The van der Waals surface area contributed by atoms with E-state index in [1.54, 1.807) is 0 Å². The third-order valence-electron chi connectivity index (χ3n) is 3.41. The van der Waals surface area contributed by atoms with Crippen LogP contribution < -0.4 is 5.32 Å². The lowest BCUT2D eigenvalue weighted by atomic mass is 10.1. The second-order valence-electron chi connectivity index (χ2n) is 5.51. The fraction of sp³-hybridized carbons (Fsp3) is 0.714. The summed E-state index contributed by atoms with van der Waals surface area (Å²) in [6.07, 6.45) is 4.50. The van der Waals surface area contributed by atoms with Crippen LogP contribution in [0.25, 0.3) is 0 Å². The lowest BCUT2D eigenvalue weighted by molar-refractivity contribution is -0.125. The maximum atomic E-state index is 12.0. The van der Waals surface area contributed by atoms with E-state index < -0.39 is 0 Å². The monoisotopic (exact) mass is 309 g/mol. The molecule has 2 atom stereocenters. The number of tetrazole rings is 1. The molecule has 0 saturated carbocycles. The Balaban J connectivity index is 1.77. The Morgan fingerprint density at radius 2 is 2.41 bits per heavy atom. The lowest BCUT2D eigenvalue weighted by Crippen LogP contribution is -2.50. The largest absolute Gasteiger partial charge is 0.379 e. The molecule has 1 fully saturated rings. The van der Waals surface area contributed by atoms with Crippen molar-refractivity contribution < 1.29 is 14.3 Å². The second-order valence-corrected chi connectivity index (χ2v) is 5.51. The van der Waals surface area contributed by atoms with Crippen LogP contribution in [0.5, 0.6) is 0 Å². The Kier molecular flexibility index (Phi) is 6.47. The number of nitrogens with zero attached hydrogens (tertiary/aromatic N) is 4. The molecule has 0 bridgehead atoms. The average molecular weight is 309 g/mol. The molecule has 1 aliphatic rings. The average Bonchev–Trinajstić information content (AvgIpc) is 3.00. The molecule has 8 heteroatoms. The van der Waals surface area contributed by atoms with Crippen molar-refractivity contribution in [2.75, 3.05) is 19.8 Å². The van der Waals surface area contributed by atoms with Crippen LogP contribution in [0.15, 0.2) is 18.0 Å². The van der Waals surface area contributed by atoms with Crippen LogP contribution in [0, 0.1) is 0 Å². The van der Waals surface area contributed by atoms with E-state index >= 15 is 0 Å². The van der Waals surface area contributed by atoms with Gasteiger partial charge in [0.05, 0.1) is 25.8 Å². The number of hydrogen-bond acceptors (Lipinski definition) is 6. The van der Waals surface area contributed by atoms with Crippen molar-refractivity contribution >= 4 is 5.91 Å². The van der Waals surface area contributed by atoms with Gasteiger partial charge in [-0.1, -0.05) is 11.6 Å². The number of carbonyl (C=O) groups excluding carboxylic acids is 1. The van der Waals surface area contributed by atoms with E-state index in [1.807, 2.05) is 19.9 Å². The number of nitrogens with one attached hydrogen (secondary N) is 1. The van der Waals surface area contributed by atoms with Gasteiger partial charge in [0.15, 0.2) is 0 Å². The number of rotatable bonds is 7. The predicted octanol–water partition coefficient (Wildman–Crippen LogP) is 0.320. The minimum absolute atomic E-state index is 0.0133. The van der Waals surface area contributed by atoms with Crippen molar-refractivity contribution in [2.24, 2.45) is 0 Å². The molecule has 8 nitrogen and oxygen atoms in total. The van der Waals surface area contributed by atoms with Gasteiger partial charge in [-0.15, -0.1) is 5.10 Å². The van der Waals surface area contributed by atoms with Crippen molar-refractivity contribution in [3.63, 3.8) is 0 Å². The molecule has 1 saturated heterocycles. The van der Waals surface area contributed by atoms with Gasteiger partial charge in [-0.3, -0.25) is 4.79 Å². The molecule has 2 rings (SSSR count). The lowest BCUT2D eigenvalue weighted by Gasteiger charge is -2.31. The third kappa shape index (κ3) is 5.53. The number of aryl methyl sites for hydroxylation is 1. The van der Waals surface area contributed by atoms with Crippen LogP contribution in [0.4, 0.5) is 0 Å². The summed E-state index contributed by atoms with van der Waals surface area (Å²) < 4.78 is 12.8. The van der Waals surface area contributed by atoms with Gasteiger partial charge in [0, 0.05) is 13.0 Å². The summed E-state index contributed by atoms with van der Waals surface area (Å²) >= 11 is 0. The molecule has 22 heavy (non-hydrogen) atoms. The van der Waals surface area contributed by atoms with E-state index in [9.17, 15) is 4.79 Å². The first kappa shape index (κ1) is 16.6. The normalized spacial score (nSPS) is 21.4. The number of amides is 1. The Morgan fingerprint density at radius 1 is 1.55 bits per heavy atom. The van der Waals surface area contributed by atoms with Gasteiger partial charge >= 0.3 is 0 Å². The topological polar surface area (TPSA) is 91.2 Å². The SMILES string of the molecule is CC(C)=CCO[C@@H]1COCC[C@H]1NC(=O)CCn1cnnn1. The maximum absolute atomic E-state index is 12.0. The highest BCUT2D eigenvalue weighted by Gasteiger charge is 2.27. The highest BCUT2D eigenvalue weighted by molar-refractivity contribution is 5.76. The van der Waals surface area contributed by atoms with Crippen LogP contribution in [0.3, 0.4) is 0 Å². The molecule has 0 spiro atoms. The van der Waals surface area contributed by atoms with Crippen molar-refractivity contribution in [3.8, 4) is 0 Å². The van der Waals surface area contributed by atoms with Crippen LogP contribution in [-0.2, 0) is 20.8 Å². The number of hydrogen-bond donors (Lipinski definition) is 1. The molecule has 1 N–H and O–H groups in total. The number of ether oxygens (including phenoxy) is 2. The smallest absolute Gasteiger partial charge is 0.222 e. The zero-order valence-electron chi connectivity index (χ0n) is 13.1. The summed E-state index contributed by atoms with van der Waals surface area (Å²) in [5.41, 5.74) is 1.21. The minimum Gasteiger partial charge on any atom is -0.379 e. The van der Waals surface area contributed by atoms with Crippen molar-refractivity contribution in [1.29, 1.82) is 0 Å². The summed E-state index contributed by atoms with van der Waals surface area (Å²) in [5.74, 6) is -0.0294. The minimum atomic E-state index is -0.110. The quantitative estimate of drug-likeness (QED) is 0.729. The highest BCUT2D eigenvalue weighted by atomic mass is 16.5. The first-order valence-electron chi connectivity index (χ1n) is 7.48. The summed E-state index contributed by atoms with van der Waals surface area (Å²) in [5, 5.41) is 13.8. The van der Waals surface area contributed by atoms with Gasteiger partial charge in [-0.2, -0.15) is 0 Å². The van der Waals surface area contributed by atoms with E-state index in [-0.39, 0.29) is 18.1 Å². The zero-order chi connectivity index (χ0) is 15.8. The zero-order valence-corrected chi connectivity index (χ0v) is 13.1. The summed E-state index contributed by atoms with van der Waals surface area (Å²) in [6, 6.07) is -0.0133. The molecule has 1 aromatic rings. The molecule has 122 valence electrons. The molecule has 0 aliphatic carbocycles. The van der Waals surface area contributed by atoms with Crippen molar-refractivity contribution in [3.05, 3.63) is 18.0 Å². The number of carbonyl (C=O) groups is 1. The Bertz CT molecular complexity index is 485. The van der Waals surface area contributed by atoms with Gasteiger partial charge < -0.3 is 14.8 Å². The third-order valence-corrected chi connectivity index (χ3v) is 3.41. The first-order chi connectivity index (χ1) is 10.6. The Hall–Kier alpha value is -1.80. The fourth-order valence-electron chi connectivity index (χ4n) is 2.16. The molecule has 1 amide bonds. The molecule has 1 aromatic heterocycles. The maximum Gasteiger partial charge on any atom is 0.222 e. The summed E-state index contributed by atoms with van der Waals surface area (Å²) in [6.45, 7) is 6.20. The molecule has 0 aromatic carbocycles. The number of aromatic nitrogens is 4. The summed E-state index contributed by atoms with van der Waals surface area (Å²) in [7, 11) is 0. The van der Waals surface area contributed by atoms with E-state index in [1.165, 1.54) is 16.6 Å². The van der Waals surface area contributed by atoms with Crippen LogP contribution in [-0.4, -0.2) is 58.1 Å². The van der Waals surface area contributed by atoms with Crippen molar-refractivity contribution in [2.45, 2.75) is 45.4 Å². The van der Waals surface area contributed by atoms with E-state index in [2.05, 4.69) is 20.8 Å². The van der Waals surface area contributed by atoms with Crippen LogP contribution >= 0.6 is 0 Å². The Morgan fingerprint density at radius 3 is 3.14 bits per heavy atom. The predicted molar refractivity (Wildman–Crippen MR) is 79.0 cm³/mol. The van der Waals surface area contributed by atoms with Crippen molar-refractivity contribution in [1.82, 2.24) is 25.5 Å². The molecule has 1 aliphatic heterocycles. The Labute approximate surface area is 129 Å². The van der Waals surface area contributed by atoms with E-state index in [0.29, 0.717) is 32.8 Å². The van der Waals surface area contributed by atoms with Gasteiger partial charge in [0.25, 0.3) is 0 Å². The fourth-order valence-corrected chi connectivity index (χ4v) is 2.16. The molecule has 0 radical (unpaired) electrons. The van der Waals surface area contributed by atoms with Crippen LogP contribution in [0.2, 0.25) is 0 Å². The van der Waals surface area contributed by atoms with Gasteiger partial charge in [0.1, 0.15) is 12.4 Å². The molecular formula is C14H23N5O3. The second kappa shape index (κ2) is 8.60. The highest BCUT2D eigenvalue weighted by Crippen LogP contribution is 2.12. The van der Waals surface area contributed by atoms with Gasteiger partial charge in [0.2, 0.25) is 5.91 Å². The van der Waals surface area contributed by atoms with E-state index in [0.717, 1.165) is 6.42 Å².